The first-order valence-electron chi connectivity index (χ1n) is 5.17. The maximum atomic E-state index is 6.20. The van der Waals surface area contributed by atoms with E-state index in [1.807, 2.05) is 12.1 Å². The zero-order valence-electron chi connectivity index (χ0n) is 8.05. The third kappa shape index (κ3) is 2.14. The maximum Gasteiger partial charge on any atom is 0.0441 e. The van der Waals surface area contributed by atoms with Gasteiger partial charge in [-0.3, -0.25) is 0 Å². The van der Waals surface area contributed by atoms with Crippen LogP contribution in [-0.4, -0.2) is 4.83 Å². The van der Waals surface area contributed by atoms with Crippen molar-refractivity contribution in [2.24, 2.45) is 0 Å². The van der Waals surface area contributed by atoms with Crippen molar-refractivity contribution in [2.45, 2.75) is 36.4 Å². The first-order chi connectivity index (χ1) is 6.79. The van der Waals surface area contributed by atoms with Gasteiger partial charge in [0, 0.05) is 9.85 Å². The van der Waals surface area contributed by atoms with E-state index in [1.54, 1.807) is 0 Å². The van der Waals surface area contributed by atoms with E-state index in [0.717, 1.165) is 5.02 Å². The molecule has 76 valence electrons. The van der Waals surface area contributed by atoms with Crippen LogP contribution in [0.1, 0.15) is 37.2 Å². The first-order valence-corrected chi connectivity index (χ1v) is 6.47. The highest BCUT2D eigenvalue weighted by Gasteiger charge is 2.25. The van der Waals surface area contributed by atoms with Crippen molar-refractivity contribution < 1.29 is 0 Å². The summed E-state index contributed by atoms with van der Waals surface area (Å²) in [6.07, 6.45) is 5.21. The summed E-state index contributed by atoms with van der Waals surface area (Å²) < 4.78 is 0. The lowest BCUT2D eigenvalue weighted by Crippen LogP contribution is -2.17. The van der Waals surface area contributed by atoms with Crippen molar-refractivity contribution in [1.82, 2.24) is 0 Å². The predicted molar refractivity (Wildman–Crippen MR) is 65.4 cm³/mol. The lowest BCUT2D eigenvalue weighted by atomic mass is 9.84. The quantitative estimate of drug-likeness (QED) is 0.647. The number of rotatable bonds is 1. The fourth-order valence-corrected chi connectivity index (χ4v) is 3.36. The summed E-state index contributed by atoms with van der Waals surface area (Å²) >= 11 is 9.97. The lowest BCUT2D eigenvalue weighted by Gasteiger charge is -2.28. The molecule has 1 saturated carbocycles. The van der Waals surface area contributed by atoms with Crippen molar-refractivity contribution in [3.63, 3.8) is 0 Å². The molecule has 0 aromatic heterocycles. The standard InChI is InChI=1S/C12H14BrCl/c13-11-7-3-1-5-9(11)10-6-2-4-8-12(10)14/h2,4,6,8-9,11H,1,3,5,7H2. The molecular formula is C12H14BrCl. The Morgan fingerprint density at radius 3 is 2.57 bits per heavy atom. The molecule has 0 bridgehead atoms. The van der Waals surface area contributed by atoms with Gasteiger partial charge in [0.15, 0.2) is 0 Å². The average Bonchev–Trinajstić information content (AvgIpc) is 2.20. The molecule has 1 aromatic carbocycles. The molecule has 1 aliphatic rings. The number of alkyl halides is 1. The summed E-state index contributed by atoms with van der Waals surface area (Å²) in [6, 6.07) is 8.23. The van der Waals surface area contributed by atoms with Gasteiger partial charge in [-0.2, -0.15) is 0 Å². The van der Waals surface area contributed by atoms with Gasteiger partial charge in [0.1, 0.15) is 0 Å². The molecule has 0 saturated heterocycles. The smallest absolute Gasteiger partial charge is 0.0441 e. The van der Waals surface area contributed by atoms with Crippen molar-refractivity contribution in [3.8, 4) is 0 Å². The molecule has 0 aliphatic heterocycles. The second kappa shape index (κ2) is 4.67. The molecule has 14 heavy (non-hydrogen) atoms. The molecule has 2 atom stereocenters. The third-order valence-electron chi connectivity index (χ3n) is 2.99. The van der Waals surface area contributed by atoms with Gasteiger partial charge in [0.2, 0.25) is 0 Å². The van der Waals surface area contributed by atoms with Crippen LogP contribution in [-0.2, 0) is 0 Å². The van der Waals surface area contributed by atoms with E-state index in [2.05, 4.69) is 28.1 Å². The molecule has 1 aromatic rings. The first kappa shape index (κ1) is 10.5. The Bertz CT molecular complexity index is 311. The lowest BCUT2D eigenvalue weighted by molar-refractivity contribution is 0.461. The van der Waals surface area contributed by atoms with Crippen LogP contribution in [0.4, 0.5) is 0 Å². The Labute approximate surface area is 98.8 Å². The molecule has 0 N–H and O–H groups in total. The molecule has 0 nitrogen and oxygen atoms in total. The van der Waals surface area contributed by atoms with Crippen LogP contribution in [0.3, 0.4) is 0 Å². The summed E-state index contributed by atoms with van der Waals surface area (Å²) in [5, 5.41) is 0.920. The van der Waals surface area contributed by atoms with Crippen LogP contribution in [0.2, 0.25) is 5.02 Å². The average molecular weight is 274 g/mol. The molecule has 0 heterocycles. The minimum atomic E-state index is 0.608. The summed E-state index contributed by atoms with van der Waals surface area (Å²) in [5.74, 6) is 0.609. The van der Waals surface area contributed by atoms with E-state index in [4.69, 9.17) is 11.6 Å². The summed E-state index contributed by atoms with van der Waals surface area (Å²) in [4.78, 5) is 0.608. The second-order valence-electron chi connectivity index (χ2n) is 3.93. The molecule has 0 radical (unpaired) electrons. The highest BCUT2D eigenvalue weighted by Crippen LogP contribution is 2.39. The number of hydrogen-bond donors (Lipinski definition) is 0. The van der Waals surface area contributed by atoms with E-state index < -0.39 is 0 Å². The van der Waals surface area contributed by atoms with Crippen molar-refractivity contribution in [2.75, 3.05) is 0 Å². The SMILES string of the molecule is Clc1ccccc1C1CCCCC1Br. The zero-order valence-corrected chi connectivity index (χ0v) is 10.4. The van der Waals surface area contributed by atoms with Gasteiger partial charge in [0.05, 0.1) is 0 Å². The van der Waals surface area contributed by atoms with Crippen molar-refractivity contribution >= 4 is 27.5 Å². The molecular weight excluding hydrogens is 259 g/mol. The molecule has 2 heteroatoms. The van der Waals surface area contributed by atoms with Crippen LogP contribution >= 0.6 is 27.5 Å². The van der Waals surface area contributed by atoms with Crippen LogP contribution in [0.5, 0.6) is 0 Å². The van der Waals surface area contributed by atoms with Crippen LogP contribution in [0, 0.1) is 0 Å². The topological polar surface area (TPSA) is 0 Å². The molecule has 1 fully saturated rings. The van der Waals surface area contributed by atoms with Crippen molar-refractivity contribution in [3.05, 3.63) is 34.9 Å². The van der Waals surface area contributed by atoms with E-state index >= 15 is 0 Å². The predicted octanol–water partition coefficient (Wildman–Crippen LogP) is 4.76. The minimum Gasteiger partial charge on any atom is -0.0884 e. The second-order valence-corrected chi connectivity index (χ2v) is 5.51. The van der Waals surface area contributed by atoms with Crippen molar-refractivity contribution in [1.29, 1.82) is 0 Å². The van der Waals surface area contributed by atoms with Crippen LogP contribution in [0.25, 0.3) is 0 Å². The Kier molecular flexibility index (Phi) is 3.51. The summed E-state index contributed by atoms with van der Waals surface area (Å²) in [5.41, 5.74) is 1.32. The zero-order chi connectivity index (χ0) is 9.97. The van der Waals surface area contributed by atoms with Crippen LogP contribution < -0.4 is 0 Å². The number of halogens is 2. The van der Waals surface area contributed by atoms with E-state index in [1.165, 1.54) is 31.2 Å². The van der Waals surface area contributed by atoms with Gasteiger partial charge in [-0.05, 0) is 30.4 Å². The van der Waals surface area contributed by atoms with Gasteiger partial charge in [-0.1, -0.05) is 58.6 Å². The Hall–Kier alpha value is -0.0100. The Balaban J connectivity index is 2.25. The van der Waals surface area contributed by atoms with Gasteiger partial charge in [-0.15, -0.1) is 0 Å². The summed E-state index contributed by atoms with van der Waals surface area (Å²) in [7, 11) is 0. The molecule has 0 spiro atoms. The van der Waals surface area contributed by atoms with Crippen LogP contribution in [0.15, 0.2) is 24.3 Å². The normalized spacial score (nSPS) is 27.6. The van der Waals surface area contributed by atoms with E-state index in [0.29, 0.717) is 10.7 Å². The Morgan fingerprint density at radius 2 is 1.86 bits per heavy atom. The van der Waals surface area contributed by atoms with E-state index in [-0.39, 0.29) is 0 Å². The third-order valence-corrected chi connectivity index (χ3v) is 4.43. The molecule has 0 amide bonds. The highest BCUT2D eigenvalue weighted by atomic mass is 79.9. The molecule has 2 unspecified atom stereocenters. The maximum absolute atomic E-state index is 6.20. The molecule has 1 aliphatic carbocycles. The fraction of sp³-hybridized carbons (Fsp3) is 0.500. The highest BCUT2D eigenvalue weighted by molar-refractivity contribution is 9.09. The number of hydrogen-bond acceptors (Lipinski definition) is 0. The largest absolute Gasteiger partial charge is 0.0884 e. The van der Waals surface area contributed by atoms with Gasteiger partial charge in [0.25, 0.3) is 0 Å². The Morgan fingerprint density at radius 1 is 1.14 bits per heavy atom. The fourth-order valence-electron chi connectivity index (χ4n) is 2.21. The van der Waals surface area contributed by atoms with Gasteiger partial charge < -0.3 is 0 Å². The van der Waals surface area contributed by atoms with Gasteiger partial charge >= 0.3 is 0 Å². The monoisotopic (exact) mass is 272 g/mol. The number of benzene rings is 1. The van der Waals surface area contributed by atoms with E-state index in [9.17, 15) is 0 Å². The minimum absolute atomic E-state index is 0.608. The van der Waals surface area contributed by atoms with Gasteiger partial charge in [-0.25, -0.2) is 0 Å². The molecule has 2 rings (SSSR count). The summed E-state index contributed by atoms with van der Waals surface area (Å²) in [6.45, 7) is 0.